The molecule has 228 valence electrons. The van der Waals surface area contributed by atoms with Gasteiger partial charge in [-0.1, -0.05) is 164 Å². The van der Waals surface area contributed by atoms with Gasteiger partial charge in [-0.2, -0.15) is 0 Å². The Balaban J connectivity index is 1.21. The number of amidine groups is 1. The summed E-state index contributed by atoms with van der Waals surface area (Å²) in [5.41, 5.74) is 12.2. The molecule has 1 aliphatic rings. The van der Waals surface area contributed by atoms with Gasteiger partial charge in [-0.3, -0.25) is 0 Å². The third kappa shape index (κ3) is 5.48. The van der Waals surface area contributed by atoms with Gasteiger partial charge in [-0.05, 0) is 79.1 Å². The van der Waals surface area contributed by atoms with Crippen molar-refractivity contribution in [1.82, 2.24) is 0 Å². The summed E-state index contributed by atoms with van der Waals surface area (Å²) in [5, 5.41) is 5.00. The van der Waals surface area contributed by atoms with E-state index in [0.717, 1.165) is 28.8 Å². The van der Waals surface area contributed by atoms with E-state index in [2.05, 4.69) is 147 Å². The van der Waals surface area contributed by atoms with Crippen LogP contribution in [0.15, 0.2) is 180 Å². The Hall–Kier alpha value is -6.12. The number of hydrogen-bond acceptors (Lipinski definition) is 1. The minimum atomic E-state index is 0.701. The Bertz CT molecular complexity index is 2350. The molecule has 0 N–H and O–H groups in total. The molecule has 0 bridgehead atoms. The molecular formula is C46H34N2. The predicted octanol–water partition coefficient (Wildman–Crippen LogP) is 11.8. The van der Waals surface area contributed by atoms with Crippen molar-refractivity contribution in [2.75, 3.05) is 0 Å². The maximum atomic E-state index is 5.16. The summed E-state index contributed by atoms with van der Waals surface area (Å²) in [6.45, 7) is 6.37. The van der Waals surface area contributed by atoms with E-state index in [-0.39, 0.29) is 0 Å². The van der Waals surface area contributed by atoms with Crippen molar-refractivity contribution < 1.29 is 0 Å². The number of rotatable bonds is 6. The van der Waals surface area contributed by atoms with Crippen molar-refractivity contribution in [3.63, 3.8) is 0 Å². The van der Waals surface area contributed by atoms with Crippen molar-refractivity contribution in [3.05, 3.63) is 192 Å². The zero-order valence-electron chi connectivity index (χ0n) is 26.9. The van der Waals surface area contributed by atoms with E-state index in [1.165, 1.54) is 54.9 Å². The fourth-order valence-electron chi connectivity index (χ4n) is 6.87. The monoisotopic (exact) mass is 614 g/mol. The van der Waals surface area contributed by atoms with E-state index >= 15 is 0 Å². The van der Waals surface area contributed by atoms with Crippen molar-refractivity contribution in [2.24, 2.45) is 9.98 Å². The first-order valence-electron chi connectivity index (χ1n) is 16.4. The van der Waals surface area contributed by atoms with Gasteiger partial charge in [0.1, 0.15) is 0 Å². The first-order valence-corrected chi connectivity index (χ1v) is 16.4. The molecule has 0 heterocycles. The molecule has 2 heteroatoms. The maximum absolute atomic E-state index is 5.16. The quantitative estimate of drug-likeness (QED) is 0.101. The minimum absolute atomic E-state index is 0.701. The van der Waals surface area contributed by atoms with Gasteiger partial charge in [0.25, 0.3) is 0 Å². The van der Waals surface area contributed by atoms with Gasteiger partial charge in [0.15, 0.2) is 5.84 Å². The molecular weight excluding hydrogens is 581 g/mol. The summed E-state index contributed by atoms with van der Waals surface area (Å²) in [5.74, 6) is 0.704. The first kappa shape index (κ1) is 29.3. The van der Waals surface area contributed by atoms with Crippen molar-refractivity contribution in [3.8, 4) is 22.3 Å². The Morgan fingerprint density at radius 2 is 1.00 bits per heavy atom. The zero-order chi connectivity index (χ0) is 32.5. The van der Waals surface area contributed by atoms with Crippen LogP contribution in [0.1, 0.15) is 29.2 Å². The normalized spacial score (nSPS) is 13.1. The highest BCUT2D eigenvalue weighted by Gasteiger charge is 2.19. The first-order chi connectivity index (χ1) is 23.6. The van der Waals surface area contributed by atoms with Crippen molar-refractivity contribution in [2.45, 2.75) is 13.3 Å². The van der Waals surface area contributed by atoms with E-state index in [0.29, 0.717) is 11.5 Å². The van der Waals surface area contributed by atoms with Crippen LogP contribution in [0.5, 0.6) is 0 Å². The van der Waals surface area contributed by atoms with Gasteiger partial charge in [-0.15, -0.1) is 0 Å². The predicted molar refractivity (Wildman–Crippen MR) is 206 cm³/mol. The molecule has 7 aromatic rings. The molecule has 0 radical (unpaired) electrons. The Morgan fingerprint density at radius 3 is 1.58 bits per heavy atom. The highest BCUT2D eigenvalue weighted by Crippen LogP contribution is 2.43. The van der Waals surface area contributed by atoms with Gasteiger partial charge in [0.2, 0.25) is 0 Å². The smallest absolute Gasteiger partial charge is 0.156 e. The molecule has 7 aromatic carbocycles. The lowest BCUT2D eigenvalue weighted by Crippen LogP contribution is -2.06. The Labute approximate surface area is 281 Å². The van der Waals surface area contributed by atoms with Crippen LogP contribution in [0.4, 0.5) is 0 Å². The second-order valence-electron chi connectivity index (χ2n) is 12.3. The van der Waals surface area contributed by atoms with Gasteiger partial charge in [0, 0.05) is 17.7 Å². The molecule has 8 rings (SSSR count). The summed E-state index contributed by atoms with van der Waals surface area (Å²) in [7, 11) is 0. The molecule has 0 fully saturated rings. The molecule has 0 saturated heterocycles. The molecule has 0 aromatic heterocycles. The number of nitrogens with zero attached hydrogens (tertiary/aromatic N) is 2. The SMILES string of the molecule is C=C(N=C(N=C(C)c1ccc(-c2c3ccccc3c(-c3ccccc3)c3ccccc23)cc1)C1=Cc2ccccc2C1)c1ccccc1. The number of fused-ring (bicyclic) bond motifs is 3. The number of hydrogen-bond donors (Lipinski definition) is 0. The highest BCUT2D eigenvalue weighted by atomic mass is 14.9. The lowest BCUT2D eigenvalue weighted by atomic mass is 9.86. The molecule has 0 unspecified atom stereocenters. The lowest BCUT2D eigenvalue weighted by molar-refractivity contribution is 1.25. The fraction of sp³-hybridized carbons (Fsp3) is 0.0435. The average Bonchev–Trinajstić information content (AvgIpc) is 3.59. The maximum Gasteiger partial charge on any atom is 0.156 e. The third-order valence-electron chi connectivity index (χ3n) is 9.26. The standard InChI is InChI=1S/C46H34N2/c1-31(33-15-5-3-6-16-33)47-46(39-29-37-19-9-10-20-38(37)30-39)48-32(2)34-25-27-36(28-26-34)45-42-23-13-11-21-40(42)44(35-17-7-4-8-18-35)41-22-12-14-24-43(41)45/h3-29H,1,30H2,2H3. The van der Waals surface area contributed by atoms with Crippen LogP contribution < -0.4 is 0 Å². The molecule has 0 aliphatic heterocycles. The van der Waals surface area contributed by atoms with Gasteiger partial charge < -0.3 is 0 Å². The third-order valence-corrected chi connectivity index (χ3v) is 9.26. The largest absolute Gasteiger partial charge is 0.233 e. The van der Waals surface area contributed by atoms with Crippen molar-refractivity contribution in [1.29, 1.82) is 0 Å². The molecule has 0 spiro atoms. The molecule has 1 aliphatic carbocycles. The summed E-state index contributed by atoms with van der Waals surface area (Å²) in [6.07, 6.45) is 3.01. The van der Waals surface area contributed by atoms with E-state index in [1.807, 2.05) is 30.3 Å². The summed E-state index contributed by atoms with van der Waals surface area (Å²) in [6, 6.07) is 55.7. The average molecular weight is 615 g/mol. The molecule has 0 amide bonds. The fourth-order valence-corrected chi connectivity index (χ4v) is 6.87. The molecule has 0 atom stereocenters. The molecule has 48 heavy (non-hydrogen) atoms. The van der Waals surface area contributed by atoms with E-state index in [9.17, 15) is 0 Å². The number of benzene rings is 7. The van der Waals surface area contributed by atoms with E-state index in [1.54, 1.807) is 0 Å². The van der Waals surface area contributed by atoms with Crippen LogP contribution in [-0.4, -0.2) is 11.5 Å². The van der Waals surface area contributed by atoms with Gasteiger partial charge >= 0.3 is 0 Å². The Morgan fingerprint density at radius 1 is 0.500 bits per heavy atom. The minimum Gasteiger partial charge on any atom is -0.233 e. The van der Waals surface area contributed by atoms with Crippen LogP contribution in [0.3, 0.4) is 0 Å². The second-order valence-corrected chi connectivity index (χ2v) is 12.3. The summed E-state index contributed by atoms with van der Waals surface area (Å²) < 4.78 is 0. The summed E-state index contributed by atoms with van der Waals surface area (Å²) >= 11 is 0. The van der Waals surface area contributed by atoms with E-state index < -0.39 is 0 Å². The Kier molecular flexibility index (Phi) is 7.68. The lowest BCUT2D eigenvalue weighted by Gasteiger charge is -2.18. The van der Waals surface area contributed by atoms with Crippen molar-refractivity contribution >= 4 is 44.9 Å². The highest BCUT2D eigenvalue weighted by molar-refractivity contribution is 6.21. The van der Waals surface area contributed by atoms with Gasteiger partial charge in [-0.25, -0.2) is 9.98 Å². The van der Waals surface area contributed by atoms with Gasteiger partial charge in [0.05, 0.1) is 5.70 Å². The number of aliphatic imine (C=N–C) groups is 2. The molecule has 2 nitrogen and oxygen atoms in total. The van der Waals surface area contributed by atoms with E-state index in [4.69, 9.17) is 9.98 Å². The summed E-state index contributed by atoms with van der Waals surface area (Å²) in [4.78, 5) is 10.2. The zero-order valence-corrected chi connectivity index (χ0v) is 26.9. The van der Waals surface area contributed by atoms with Crippen LogP contribution in [0.2, 0.25) is 0 Å². The van der Waals surface area contributed by atoms with Crippen LogP contribution in [0, 0.1) is 0 Å². The molecule has 0 saturated carbocycles. The van der Waals surface area contributed by atoms with Crippen LogP contribution >= 0.6 is 0 Å². The second kappa shape index (κ2) is 12.6. The van der Waals surface area contributed by atoms with Crippen LogP contribution in [-0.2, 0) is 6.42 Å². The topological polar surface area (TPSA) is 24.7 Å². The van der Waals surface area contributed by atoms with Crippen LogP contribution in [0.25, 0.3) is 55.6 Å².